The van der Waals surface area contributed by atoms with Gasteiger partial charge < -0.3 is 4.84 Å². The number of aromatic nitrogens is 1. The first-order chi connectivity index (χ1) is 7.25. The standard InChI is InChI=1S/C10H10N2O2S/c1-7(13)14-11-6-10-12-8-4-2-3-5-9(8)15-10/h2-5,11H,6H2,1H3. The topological polar surface area (TPSA) is 51.2 Å². The minimum atomic E-state index is -0.351. The lowest BCUT2D eigenvalue weighted by atomic mass is 10.3. The first-order valence-electron chi connectivity index (χ1n) is 4.50. The molecular weight excluding hydrogens is 212 g/mol. The van der Waals surface area contributed by atoms with Gasteiger partial charge in [-0.05, 0) is 12.1 Å². The number of para-hydroxylation sites is 1. The van der Waals surface area contributed by atoms with Crippen molar-refractivity contribution in [3.05, 3.63) is 29.3 Å². The van der Waals surface area contributed by atoms with Crippen LogP contribution in [-0.4, -0.2) is 11.0 Å². The zero-order valence-electron chi connectivity index (χ0n) is 8.19. The number of carbonyl (C=O) groups excluding carboxylic acids is 1. The Hall–Kier alpha value is -1.46. The Bertz CT molecular complexity index is 448. The number of hydroxylamine groups is 1. The monoisotopic (exact) mass is 222 g/mol. The van der Waals surface area contributed by atoms with Crippen LogP contribution < -0.4 is 5.48 Å². The normalized spacial score (nSPS) is 10.5. The Morgan fingerprint density at radius 2 is 2.33 bits per heavy atom. The lowest BCUT2D eigenvalue weighted by molar-refractivity contribution is -0.148. The van der Waals surface area contributed by atoms with Gasteiger partial charge in [0.05, 0.1) is 16.8 Å². The summed E-state index contributed by atoms with van der Waals surface area (Å²) in [5.41, 5.74) is 3.53. The Kier molecular flexibility index (Phi) is 2.94. The van der Waals surface area contributed by atoms with E-state index in [4.69, 9.17) is 0 Å². The van der Waals surface area contributed by atoms with Crippen molar-refractivity contribution < 1.29 is 9.63 Å². The van der Waals surface area contributed by atoms with Gasteiger partial charge in [-0.25, -0.2) is 4.98 Å². The van der Waals surface area contributed by atoms with Crippen molar-refractivity contribution in [3.8, 4) is 0 Å². The fourth-order valence-corrected chi connectivity index (χ4v) is 2.09. The number of nitrogens with zero attached hydrogens (tertiary/aromatic N) is 1. The molecule has 0 fully saturated rings. The van der Waals surface area contributed by atoms with E-state index in [0.717, 1.165) is 15.2 Å². The number of benzene rings is 1. The Morgan fingerprint density at radius 3 is 3.07 bits per heavy atom. The number of fused-ring (bicyclic) bond motifs is 1. The molecule has 15 heavy (non-hydrogen) atoms. The molecule has 2 rings (SSSR count). The summed E-state index contributed by atoms with van der Waals surface area (Å²) < 4.78 is 1.14. The van der Waals surface area contributed by atoms with Gasteiger partial charge in [0.1, 0.15) is 5.01 Å². The largest absolute Gasteiger partial charge is 0.371 e. The number of nitrogens with one attached hydrogen (secondary N) is 1. The smallest absolute Gasteiger partial charge is 0.321 e. The summed E-state index contributed by atoms with van der Waals surface area (Å²) in [6, 6.07) is 7.90. The highest BCUT2D eigenvalue weighted by molar-refractivity contribution is 7.18. The molecule has 0 unspecified atom stereocenters. The number of hydrogen-bond donors (Lipinski definition) is 1. The Labute approximate surface area is 90.8 Å². The first kappa shape index (κ1) is 10.1. The van der Waals surface area contributed by atoms with Crippen molar-refractivity contribution in [3.63, 3.8) is 0 Å². The van der Waals surface area contributed by atoms with Crippen molar-refractivity contribution in [2.24, 2.45) is 0 Å². The van der Waals surface area contributed by atoms with Crippen molar-refractivity contribution >= 4 is 27.5 Å². The molecule has 0 aliphatic carbocycles. The van der Waals surface area contributed by atoms with E-state index < -0.39 is 0 Å². The summed E-state index contributed by atoms with van der Waals surface area (Å²) >= 11 is 1.58. The zero-order valence-corrected chi connectivity index (χ0v) is 9.00. The highest BCUT2D eigenvalue weighted by Crippen LogP contribution is 2.21. The van der Waals surface area contributed by atoms with Crippen molar-refractivity contribution in [2.45, 2.75) is 13.5 Å². The van der Waals surface area contributed by atoms with Crippen LogP contribution in [0.25, 0.3) is 10.2 Å². The van der Waals surface area contributed by atoms with Crippen LogP contribution in [0.4, 0.5) is 0 Å². The van der Waals surface area contributed by atoms with Crippen LogP contribution in [0.5, 0.6) is 0 Å². The number of carbonyl (C=O) groups is 1. The molecule has 0 aliphatic rings. The maximum absolute atomic E-state index is 10.5. The predicted octanol–water partition coefficient (Wildman–Crippen LogP) is 1.86. The predicted molar refractivity (Wildman–Crippen MR) is 58.2 cm³/mol. The van der Waals surface area contributed by atoms with Gasteiger partial charge in [-0.2, -0.15) is 0 Å². The van der Waals surface area contributed by atoms with Crippen molar-refractivity contribution in [1.82, 2.24) is 10.5 Å². The highest BCUT2D eigenvalue weighted by Gasteiger charge is 2.02. The lowest BCUT2D eigenvalue weighted by Gasteiger charge is -1.98. The Balaban J connectivity index is 2.05. The number of hydrogen-bond acceptors (Lipinski definition) is 5. The van der Waals surface area contributed by atoms with Gasteiger partial charge in [0.15, 0.2) is 0 Å². The fraction of sp³-hybridized carbons (Fsp3) is 0.200. The molecule has 5 heteroatoms. The summed E-state index contributed by atoms with van der Waals surface area (Å²) in [5.74, 6) is -0.351. The SMILES string of the molecule is CC(=O)ONCc1nc2ccccc2s1. The Morgan fingerprint density at radius 1 is 1.53 bits per heavy atom. The molecule has 1 heterocycles. The van der Waals surface area contributed by atoms with Crippen LogP contribution in [0.2, 0.25) is 0 Å². The molecule has 0 atom stereocenters. The molecule has 4 nitrogen and oxygen atoms in total. The van der Waals surface area contributed by atoms with Crippen LogP contribution in [-0.2, 0) is 16.2 Å². The third-order valence-corrected chi connectivity index (χ3v) is 2.81. The first-order valence-corrected chi connectivity index (χ1v) is 5.32. The molecule has 0 saturated heterocycles. The molecule has 0 spiro atoms. The van der Waals surface area contributed by atoms with E-state index in [1.54, 1.807) is 11.3 Å². The molecule has 1 aromatic heterocycles. The maximum Gasteiger partial charge on any atom is 0.321 e. The average molecular weight is 222 g/mol. The fourth-order valence-electron chi connectivity index (χ4n) is 1.19. The third-order valence-electron chi connectivity index (χ3n) is 1.78. The van der Waals surface area contributed by atoms with Gasteiger partial charge in [0.2, 0.25) is 0 Å². The van der Waals surface area contributed by atoms with E-state index in [9.17, 15) is 4.79 Å². The van der Waals surface area contributed by atoms with Crippen LogP contribution in [0.15, 0.2) is 24.3 Å². The van der Waals surface area contributed by atoms with Gasteiger partial charge in [-0.15, -0.1) is 16.8 Å². The van der Waals surface area contributed by atoms with Crippen LogP contribution in [0, 0.1) is 0 Å². The van der Waals surface area contributed by atoms with E-state index in [2.05, 4.69) is 15.3 Å². The van der Waals surface area contributed by atoms with E-state index in [0.29, 0.717) is 6.54 Å². The minimum Gasteiger partial charge on any atom is -0.371 e. The molecule has 0 amide bonds. The van der Waals surface area contributed by atoms with E-state index in [1.165, 1.54) is 6.92 Å². The molecule has 1 N–H and O–H groups in total. The van der Waals surface area contributed by atoms with E-state index in [-0.39, 0.29) is 5.97 Å². The molecule has 1 aromatic carbocycles. The number of rotatable bonds is 3. The summed E-state index contributed by atoms with van der Waals surface area (Å²) in [4.78, 5) is 19.5. The van der Waals surface area contributed by atoms with Crippen molar-refractivity contribution in [2.75, 3.05) is 0 Å². The molecule has 0 bridgehead atoms. The summed E-state index contributed by atoms with van der Waals surface area (Å²) in [5, 5.41) is 0.900. The van der Waals surface area contributed by atoms with Crippen molar-refractivity contribution in [1.29, 1.82) is 0 Å². The van der Waals surface area contributed by atoms with Gasteiger partial charge >= 0.3 is 5.97 Å². The summed E-state index contributed by atoms with van der Waals surface area (Å²) in [6.45, 7) is 1.80. The third kappa shape index (κ3) is 2.51. The van der Waals surface area contributed by atoms with Gasteiger partial charge in [0.25, 0.3) is 0 Å². The minimum absolute atomic E-state index is 0.351. The number of thiazole rings is 1. The second-order valence-corrected chi connectivity index (χ2v) is 4.11. The van der Waals surface area contributed by atoms with E-state index in [1.807, 2.05) is 24.3 Å². The lowest BCUT2D eigenvalue weighted by Crippen LogP contribution is -2.16. The van der Waals surface area contributed by atoms with Gasteiger partial charge in [0, 0.05) is 6.92 Å². The second kappa shape index (κ2) is 4.37. The van der Waals surface area contributed by atoms with Crippen LogP contribution >= 0.6 is 11.3 Å². The summed E-state index contributed by atoms with van der Waals surface area (Å²) in [6.07, 6.45) is 0. The quantitative estimate of drug-likeness (QED) is 0.805. The zero-order chi connectivity index (χ0) is 10.7. The molecule has 0 saturated carbocycles. The van der Waals surface area contributed by atoms with Crippen LogP contribution in [0.3, 0.4) is 0 Å². The molecule has 0 radical (unpaired) electrons. The molecular formula is C10H10N2O2S. The molecule has 2 aromatic rings. The molecule has 78 valence electrons. The average Bonchev–Trinajstić information content (AvgIpc) is 2.59. The van der Waals surface area contributed by atoms with E-state index >= 15 is 0 Å². The van der Waals surface area contributed by atoms with Gasteiger partial charge in [-0.3, -0.25) is 4.79 Å². The summed E-state index contributed by atoms with van der Waals surface area (Å²) in [7, 11) is 0. The van der Waals surface area contributed by atoms with Crippen LogP contribution in [0.1, 0.15) is 11.9 Å². The highest BCUT2D eigenvalue weighted by atomic mass is 32.1. The second-order valence-electron chi connectivity index (χ2n) is 2.99. The molecule has 0 aliphatic heterocycles. The maximum atomic E-state index is 10.5. The van der Waals surface area contributed by atoms with Gasteiger partial charge in [-0.1, -0.05) is 12.1 Å².